The van der Waals surface area contributed by atoms with Crippen molar-refractivity contribution in [2.45, 2.75) is 11.7 Å². The van der Waals surface area contributed by atoms with Crippen LogP contribution < -0.4 is 4.13 Å². The molecule has 0 rings (SSSR count). The van der Waals surface area contributed by atoms with Gasteiger partial charge in [0.2, 0.25) is 10.0 Å². The van der Waals surface area contributed by atoms with Crippen molar-refractivity contribution in [2.24, 2.45) is 0 Å². The first-order chi connectivity index (χ1) is 6.66. The summed E-state index contributed by atoms with van der Waals surface area (Å²) in [6.07, 6.45) is -5.35. The molecule has 0 atom stereocenters. The molecule has 0 saturated carbocycles. The Morgan fingerprint density at radius 1 is 0.875 bits per heavy atom. The molecule has 0 aromatic heterocycles. The van der Waals surface area contributed by atoms with Crippen LogP contribution >= 0.6 is 0 Å². The fourth-order valence-corrected chi connectivity index (χ4v) is 2.84. The SMILES string of the molecule is O=S(=O)(CC(F)(F)F)NS(=O)(=O)C(F)(F)F. The Morgan fingerprint density at radius 2 is 1.25 bits per heavy atom. The fourth-order valence-electron chi connectivity index (χ4n) is 0.459. The smallest absolute Gasteiger partial charge is 0.211 e. The van der Waals surface area contributed by atoms with E-state index in [9.17, 15) is 43.2 Å². The molecule has 0 spiro atoms. The van der Waals surface area contributed by atoms with Crippen LogP contribution in [0.3, 0.4) is 0 Å². The number of halogens is 6. The Balaban J connectivity index is 5.03. The minimum Gasteiger partial charge on any atom is -0.211 e. The number of nitrogens with one attached hydrogen (secondary N) is 1. The number of sulfonamides is 2. The van der Waals surface area contributed by atoms with Gasteiger partial charge < -0.3 is 0 Å². The third-order valence-corrected chi connectivity index (χ3v) is 4.11. The van der Waals surface area contributed by atoms with Crippen molar-refractivity contribution in [3.05, 3.63) is 0 Å². The molecule has 0 aliphatic carbocycles. The maximum atomic E-state index is 11.6. The largest absolute Gasteiger partial charge is 0.512 e. The average Bonchev–Trinajstić information content (AvgIpc) is 1.72. The van der Waals surface area contributed by atoms with Gasteiger partial charge in [0.1, 0.15) is 0 Å². The molecule has 0 amide bonds. The lowest BCUT2D eigenvalue weighted by atomic mass is 10.8. The van der Waals surface area contributed by atoms with Crippen LogP contribution in [-0.4, -0.2) is 34.3 Å². The highest BCUT2D eigenvalue weighted by molar-refractivity contribution is 8.05. The summed E-state index contributed by atoms with van der Waals surface area (Å²) in [5, 5.41) is 0. The predicted octanol–water partition coefficient (Wildman–Crippen LogP) is 0.318. The summed E-state index contributed by atoms with van der Waals surface area (Å²) in [5.41, 5.74) is -6.01. The number of rotatable bonds is 3. The van der Waals surface area contributed by atoms with Crippen molar-refractivity contribution < 1.29 is 43.2 Å². The predicted molar refractivity (Wildman–Crippen MR) is 38.0 cm³/mol. The summed E-state index contributed by atoms with van der Waals surface area (Å²) in [6.45, 7) is 0. The zero-order valence-electron chi connectivity index (χ0n) is 6.92. The number of hydrogen-bond donors (Lipinski definition) is 1. The van der Waals surface area contributed by atoms with Crippen LogP contribution in [0.15, 0.2) is 0 Å². The first kappa shape index (κ1) is 15.4. The van der Waals surface area contributed by atoms with E-state index < -0.39 is 37.5 Å². The third-order valence-electron chi connectivity index (χ3n) is 0.895. The first-order valence-corrected chi connectivity index (χ1v) is 6.19. The molecular formula is C3H3F6NO4S2. The van der Waals surface area contributed by atoms with Gasteiger partial charge in [0.25, 0.3) is 0 Å². The molecule has 5 nitrogen and oxygen atoms in total. The van der Waals surface area contributed by atoms with Gasteiger partial charge in [-0.05, 0) is 0 Å². The standard InChI is InChI=1S/C3H3F6NO4S2/c4-2(5,6)1-15(11,12)10-16(13,14)3(7,8)9/h10H,1H2. The van der Waals surface area contributed by atoms with Crippen molar-refractivity contribution in [2.75, 3.05) is 5.75 Å². The van der Waals surface area contributed by atoms with Gasteiger partial charge in [0.05, 0.1) is 0 Å². The molecule has 0 unspecified atom stereocenters. The van der Waals surface area contributed by atoms with Crippen molar-refractivity contribution >= 4 is 20.0 Å². The minimum atomic E-state index is -6.37. The summed E-state index contributed by atoms with van der Waals surface area (Å²) in [6, 6.07) is 0. The lowest BCUT2D eigenvalue weighted by Gasteiger charge is -2.11. The van der Waals surface area contributed by atoms with Gasteiger partial charge in [0.15, 0.2) is 5.75 Å². The quantitative estimate of drug-likeness (QED) is 0.760. The topological polar surface area (TPSA) is 80.3 Å². The van der Waals surface area contributed by atoms with E-state index in [1.165, 1.54) is 0 Å². The Morgan fingerprint density at radius 3 is 1.50 bits per heavy atom. The van der Waals surface area contributed by atoms with Gasteiger partial charge in [-0.25, -0.2) is 16.8 Å². The second kappa shape index (κ2) is 4.03. The van der Waals surface area contributed by atoms with E-state index in [-0.39, 0.29) is 4.13 Å². The van der Waals surface area contributed by atoms with Gasteiger partial charge in [-0.2, -0.15) is 26.3 Å². The van der Waals surface area contributed by atoms with E-state index in [0.29, 0.717) is 0 Å². The Labute approximate surface area is 85.5 Å². The minimum absolute atomic E-state index is 0.0715. The molecule has 0 radical (unpaired) electrons. The third kappa shape index (κ3) is 4.98. The van der Waals surface area contributed by atoms with E-state index in [0.717, 1.165) is 0 Å². The summed E-state index contributed by atoms with van der Waals surface area (Å²) < 4.78 is 110. The normalized spacial score (nSPS) is 15.1. The zero-order chi connectivity index (χ0) is 13.4. The van der Waals surface area contributed by atoms with Crippen LogP contribution in [-0.2, 0) is 20.0 Å². The number of alkyl halides is 6. The van der Waals surface area contributed by atoms with Crippen molar-refractivity contribution in [1.82, 2.24) is 4.13 Å². The highest BCUT2D eigenvalue weighted by Gasteiger charge is 2.49. The molecule has 0 heterocycles. The van der Waals surface area contributed by atoms with Crippen LogP contribution in [0.25, 0.3) is 0 Å². The summed E-state index contributed by atoms with van der Waals surface area (Å²) in [7, 11) is -12.0. The molecular weight excluding hydrogens is 292 g/mol. The number of hydrogen-bond acceptors (Lipinski definition) is 4. The molecule has 98 valence electrons. The molecule has 0 bridgehead atoms. The molecule has 0 aromatic rings. The fraction of sp³-hybridized carbons (Fsp3) is 1.00. The maximum Gasteiger partial charge on any atom is 0.512 e. The lowest BCUT2D eigenvalue weighted by Crippen LogP contribution is -2.43. The Hall–Kier alpha value is -0.560. The first-order valence-electron chi connectivity index (χ1n) is 3.06. The Bertz CT molecular complexity index is 443. The summed E-state index contributed by atoms with van der Waals surface area (Å²) in [5.74, 6) is -2.73. The van der Waals surface area contributed by atoms with Gasteiger partial charge in [0, 0.05) is 0 Å². The van der Waals surface area contributed by atoms with E-state index in [1.54, 1.807) is 0 Å². The molecule has 0 aliphatic heterocycles. The van der Waals surface area contributed by atoms with Gasteiger partial charge in [-0.1, -0.05) is 0 Å². The molecule has 0 aliphatic rings. The highest BCUT2D eigenvalue weighted by Crippen LogP contribution is 2.23. The second-order valence-electron chi connectivity index (χ2n) is 2.41. The van der Waals surface area contributed by atoms with Crippen LogP contribution in [0.2, 0.25) is 0 Å². The van der Waals surface area contributed by atoms with Crippen LogP contribution in [0, 0.1) is 0 Å². The molecule has 0 aromatic carbocycles. The van der Waals surface area contributed by atoms with E-state index >= 15 is 0 Å². The molecule has 13 heteroatoms. The van der Waals surface area contributed by atoms with E-state index in [4.69, 9.17) is 0 Å². The van der Waals surface area contributed by atoms with Crippen molar-refractivity contribution in [3.8, 4) is 0 Å². The Kier molecular flexibility index (Phi) is 3.89. The zero-order valence-corrected chi connectivity index (χ0v) is 8.56. The van der Waals surface area contributed by atoms with Crippen LogP contribution in [0.1, 0.15) is 0 Å². The van der Waals surface area contributed by atoms with Crippen LogP contribution in [0.4, 0.5) is 26.3 Å². The lowest BCUT2D eigenvalue weighted by molar-refractivity contribution is -0.106. The summed E-state index contributed by atoms with van der Waals surface area (Å²) >= 11 is 0. The van der Waals surface area contributed by atoms with Crippen LogP contribution in [0.5, 0.6) is 0 Å². The van der Waals surface area contributed by atoms with Crippen molar-refractivity contribution in [1.29, 1.82) is 0 Å². The molecule has 16 heavy (non-hydrogen) atoms. The summed E-state index contributed by atoms with van der Waals surface area (Å²) in [4.78, 5) is 0. The maximum absolute atomic E-state index is 11.6. The van der Waals surface area contributed by atoms with Crippen molar-refractivity contribution in [3.63, 3.8) is 0 Å². The molecule has 0 fully saturated rings. The van der Waals surface area contributed by atoms with Gasteiger partial charge in [-0.3, -0.25) is 0 Å². The van der Waals surface area contributed by atoms with Gasteiger partial charge in [-0.15, -0.1) is 4.13 Å². The van der Waals surface area contributed by atoms with Gasteiger partial charge >= 0.3 is 21.7 Å². The second-order valence-corrected chi connectivity index (χ2v) is 6.06. The molecule has 0 saturated heterocycles. The highest BCUT2D eigenvalue weighted by atomic mass is 32.3. The molecule has 1 N–H and O–H groups in total. The van der Waals surface area contributed by atoms with E-state index in [2.05, 4.69) is 0 Å². The average molecular weight is 295 g/mol. The monoisotopic (exact) mass is 295 g/mol. The van der Waals surface area contributed by atoms with E-state index in [1.807, 2.05) is 0 Å².